The van der Waals surface area contributed by atoms with Crippen molar-refractivity contribution >= 4 is 16.7 Å². The summed E-state index contributed by atoms with van der Waals surface area (Å²) >= 11 is 0. The van der Waals surface area contributed by atoms with Crippen molar-refractivity contribution in [3.8, 4) is 17.3 Å². The lowest BCUT2D eigenvalue weighted by atomic mass is 9.80. The molecular formula is C25H27N7. The van der Waals surface area contributed by atoms with Crippen LogP contribution in [0.1, 0.15) is 31.7 Å². The van der Waals surface area contributed by atoms with Gasteiger partial charge < -0.3 is 4.90 Å². The van der Waals surface area contributed by atoms with Crippen LogP contribution < -0.4 is 4.90 Å². The lowest BCUT2D eigenvalue weighted by Crippen LogP contribution is -2.50. The minimum atomic E-state index is 0.395. The molecule has 1 unspecified atom stereocenters. The molecule has 7 heteroatoms. The van der Waals surface area contributed by atoms with Crippen LogP contribution in [-0.4, -0.2) is 56.9 Å². The van der Waals surface area contributed by atoms with E-state index in [9.17, 15) is 0 Å². The van der Waals surface area contributed by atoms with Crippen molar-refractivity contribution < 1.29 is 0 Å². The van der Waals surface area contributed by atoms with Gasteiger partial charge in [0.05, 0.1) is 41.2 Å². The monoisotopic (exact) mass is 425 g/mol. The molecule has 0 bridgehead atoms. The van der Waals surface area contributed by atoms with Gasteiger partial charge in [-0.1, -0.05) is 6.08 Å². The molecule has 6 rings (SSSR count). The third-order valence-corrected chi connectivity index (χ3v) is 7.34. The number of piperazine rings is 1. The summed E-state index contributed by atoms with van der Waals surface area (Å²) in [6.07, 6.45) is 14.1. The van der Waals surface area contributed by atoms with Crippen LogP contribution >= 0.6 is 0 Å². The van der Waals surface area contributed by atoms with Gasteiger partial charge in [0.15, 0.2) is 0 Å². The Morgan fingerprint density at radius 2 is 2.00 bits per heavy atom. The first-order chi connectivity index (χ1) is 15.8. The van der Waals surface area contributed by atoms with Crippen molar-refractivity contribution in [1.29, 1.82) is 5.26 Å². The number of aromatic nitrogens is 4. The number of nitriles is 1. The van der Waals surface area contributed by atoms with Gasteiger partial charge in [0.2, 0.25) is 0 Å². The predicted molar refractivity (Wildman–Crippen MR) is 124 cm³/mol. The molecule has 3 aliphatic rings. The van der Waals surface area contributed by atoms with Crippen molar-refractivity contribution in [2.75, 3.05) is 31.1 Å². The summed E-state index contributed by atoms with van der Waals surface area (Å²) in [5.74, 6) is 0.484. The standard InChI is InChI=1S/C25H27N7/c26-7-1-3-18-11-22(12-18)32-16-19(14-28-32)25-15-27-23-6-5-20(13-24(23)29-25)31-10-9-30-8-2-4-21(30)17-31/h1,3,5-6,13-16,18,21-22H,2,4,8-12,17H2/b3-1+. The van der Waals surface area contributed by atoms with E-state index in [1.54, 1.807) is 6.08 Å². The quantitative estimate of drug-likeness (QED) is 0.592. The van der Waals surface area contributed by atoms with Crippen molar-refractivity contribution in [2.24, 2.45) is 5.92 Å². The third-order valence-electron chi connectivity index (χ3n) is 7.34. The molecule has 32 heavy (non-hydrogen) atoms. The van der Waals surface area contributed by atoms with Crippen molar-refractivity contribution in [3.63, 3.8) is 0 Å². The first-order valence-electron chi connectivity index (χ1n) is 11.6. The summed E-state index contributed by atoms with van der Waals surface area (Å²) in [7, 11) is 0. The average molecular weight is 426 g/mol. The van der Waals surface area contributed by atoms with Gasteiger partial charge in [0.1, 0.15) is 0 Å². The third kappa shape index (κ3) is 3.55. The molecule has 4 heterocycles. The lowest BCUT2D eigenvalue weighted by molar-refractivity contribution is 0.224. The first-order valence-corrected chi connectivity index (χ1v) is 11.6. The number of allylic oxidation sites excluding steroid dienone is 2. The highest BCUT2D eigenvalue weighted by atomic mass is 15.3. The highest BCUT2D eigenvalue weighted by Crippen LogP contribution is 2.38. The van der Waals surface area contributed by atoms with Crippen LogP contribution in [0, 0.1) is 17.2 Å². The summed E-state index contributed by atoms with van der Waals surface area (Å²) in [4.78, 5) is 14.7. The molecular weight excluding hydrogens is 398 g/mol. The molecule has 2 aromatic heterocycles. The van der Waals surface area contributed by atoms with Crippen LogP contribution in [0.3, 0.4) is 0 Å². The van der Waals surface area contributed by atoms with Crippen LogP contribution in [0.2, 0.25) is 0 Å². The molecule has 1 atom stereocenters. The Morgan fingerprint density at radius 1 is 1.06 bits per heavy atom. The highest BCUT2D eigenvalue weighted by molar-refractivity contribution is 5.81. The van der Waals surface area contributed by atoms with Crippen LogP contribution in [-0.2, 0) is 0 Å². The molecule has 3 aromatic rings. The van der Waals surface area contributed by atoms with Gasteiger partial charge in [-0.2, -0.15) is 10.4 Å². The fourth-order valence-corrected chi connectivity index (χ4v) is 5.41. The van der Waals surface area contributed by atoms with Crippen molar-refractivity contribution in [3.05, 3.63) is 48.9 Å². The van der Waals surface area contributed by atoms with E-state index in [0.717, 1.165) is 54.8 Å². The summed E-state index contributed by atoms with van der Waals surface area (Å²) in [6, 6.07) is 9.64. The van der Waals surface area contributed by atoms with Crippen molar-refractivity contribution in [1.82, 2.24) is 24.6 Å². The zero-order valence-corrected chi connectivity index (χ0v) is 18.1. The van der Waals surface area contributed by atoms with E-state index in [4.69, 9.17) is 10.2 Å². The number of hydrogen-bond donors (Lipinski definition) is 0. The highest BCUT2D eigenvalue weighted by Gasteiger charge is 2.31. The van der Waals surface area contributed by atoms with Gasteiger partial charge in [-0.15, -0.1) is 0 Å². The van der Waals surface area contributed by atoms with Gasteiger partial charge in [-0.25, -0.2) is 4.98 Å². The molecule has 1 aliphatic carbocycles. The summed E-state index contributed by atoms with van der Waals surface area (Å²) in [5, 5.41) is 13.3. The maximum Gasteiger partial charge on any atom is 0.0924 e. The topological polar surface area (TPSA) is 73.9 Å². The van der Waals surface area contributed by atoms with E-state index in [2.05, 4.69) is 50.3 Å². The second-order valence-corrected chi connectivity index (χ2v) is 9.29. The zero-order valence-electron chi connectivity index (χ0n) is 18.1. The number of hydrogen-bond acceptors (Lipinski definition) is 6. The first kappa shape index (κ1) is 19.4. The minimum absolute atomic E-state index is 0.395. The largest absolute Gasteiger partial charge is 0.369 e. The Morgan fingerprint density at radius 3 is 2.91 bits per heavy atom. The molecule has 2 saturated heterocycles. The molecule has 0 N–H and O–H groups in total. The molecule has 2 aliphatic heterocycles. The van der Waals surface area contributed by atoms with E-state index < -0.39 is 0 Å². The molecule has 3 fully saturated rings. The zero-order chi connectivity index (χ0) is 21.5. The van der Waals surface area contributed by atoms with Gasteiger partial charge >= 0.3 is 0 Å². The molecule has 7 nitrogen and oxygen atoms in total. The Balaban J connectivity index is 1.21. The molecule has 162 valence electrons. The van der Waals surface area contributed by atoms with Crippen LogP contribution in [0.4, 0.5) is 5.69 Å². The van der Waals surface area contributed by atoms with Gasteiger partial charge in [-0.05, 0) is 56.3 Å². The Hall–Kier alpha value is -3.24. The minimum Gasteiger partial charge on any atom is -0.369 e. The van der Waals surface area contributed by atoms with E-state index in [-0.39, 0.29) is 0 Å². The summed E-state index contributed by atoms with van der Waals surface area (Å²) < 4.78 is 2.04. The van der Waals surface area contributed by atoms with Crippen LogP contribution in [0.15, 0.2) is 48.9 Å². The maximum absolute atomic E-state index is 8.68. The number of anilines is 1. The number of fused-ring (bicyclic) bond motifs is 2. The van der Waals surface area contributed by atoms with Crippen LogP contribution in [0.25, 0.3) is 22.3 Å². The number of benzene rings is 1. The molecule has 0 radical (unpaired) electrons. The maximum atomic E-state index is 8.68. The van der Waals surface area contributed by atoms with E-state index >= 15 is 0 Å². The van der Waals surface area contributed by atoms with Gasteiger partial charge in [0.25, 0.3) is 0 Å². The fraction of sp³-hybridized carbons (Fsp3) is 0.440. The van der Waals surface area contributed by atoms with Gasteiger partial charge in [0, 0.05) is 49.2 Å². The SMILES string of the molecule is N#C/C=C/C1CC(n2cc(-c3cnc4ccc(N5CCN6CCCC6C5)cc4n3)cn2)C1. The number of rotatable bonds is 4. The van der Waals surface area contributed by atoms with E-state index in [0.29, 0.717) is 18.0 Å². The van der Waals surface area contributed by atoms with E-state index in [1.807, 2.05) is 23.2 Å². The summed E-state index contributed by atoms with van der Waals surface area (Å²) in [6.45, 7) is 4.60. The second-order valence-electron chi connectivity index (χ2n) is 9.29. The molecule has 1 saturated carbocycles. The normalized spacial score (nSPS) is 25.7. The Labute approximate surface area is 188 Å². The average Bonchev–Trinajstić information content (AvgIpc) is 3.47. The lowest BCUT2D eigenvalue weighted by Gasteiger charge is -2.38. The Kier molecular flexibility index (Phi) is 4.88. The number of nitrogens with zero attached hydrogens (tertiary/aromatic N) is 7. The smallest absolute Gasteiger partial charge is 0.0924 e. The fourth-order valence-electron chi connectivity index (χ4n) is 5.41. The predicted octanol–water partition coefficient (Wildman–Crippen LogP) is 3.81. The van der Waals surface area contributed by atoms with Crippen LogP contribution in [0.5, 0.6) is 0 Å². The molecule has 1 aromatic carbocycles. The van der Waals surface area contributed by atoms with E-state index in [1.165, 1.54) is 25.1 Å². The second kappa shape index (κ2) is 8.03. The molecule has 0 spiro atoms. The van der Waals surface area contributed by atoms with Gasteiger partial charge in [-0.3, -0.25) is 14.6 Å². The summed E-state index contributed by atoms with van der Waals surface area (Å²) in [5.41, 5.74) is 4.97. The van der Waals surface area contributed by atoms with Crippen molar-refractivity contribution in [2.45, 2.75) is 37.8 Å². The Bertz CT molecular complexity index is 1200. The molecule has 0 amide bonds.